The van der Waals surface area contributed by atoms with Crippen molar-refractivity contribution in [3.8, 4) is 0 Å². The zero-order valence-electron chi connectivity index (χ0n) is 15.7. The van der Waals surface area contributed by atoms with E-state index in [-0.39, 0.29) is 23.5 Å². The Labute approximate surface area is 158 Å². The summed E-state index contributed by atoms with van der Waals surface area (Å²) in [6, 6.07) is 2.66. The maximum Gasteiger partial charge on any atom is 0.321 e. The van der Waals surface area contributed by atoms with Gasteiger partial charge in [-0.1, -0.05) is 33.1 Å². The smallest absolute Gasteiger partial charge is 0.321 e. The van der Waals surface area contributed by atoms with Crippen molar-refractivity contribution in [1.82, 2.24) is 5.32 Å². The first-order valence-electron chi connectivity index (χ1n) is 9.08. The van der Waals surface area contributed by atoms with Crippen molar-refractivity contribution in [3.05, 3.63) is 28.3 Å². The third-order valence-corrected chi connectivity index (χ3v) is 4.41. The molecule has 0 saturated heterocycles. The molecule has 9 heteroatoms. The molecule has 0 aliphatic heterocycles. The summed E-state index contributed by atoms with van der Waals surface area (Å²) in [5, 5.41) is 25.6. The van der Waals surface area contributed by atoms with Crippen LogP contribution in [0, 0.1) is 16.0 Å². The number of hydrogen-bond donors (Lipinski definition) is 4. The molecule has 1 amide bonds. The molecule has 150 valence electrons. The lowest BCUT2D eigenvalue weighted by Gasteiger charge is -2.19. The van der Waals surface area contributed by atoms with Crippen LogP contribution in [0.25, 0.3) is 0 Å². The molecule has 5 N–H and O–H groups in total. The van der Waals surface area contributed by atoms with E-state index in [9.17, 15) is 24.8 Å². The number of anilines is 2. The number of nitrogens with zero attached hydrogens (tertiary/aromatic N) is 1. The van der Waals surface area contributed by atoms with Crippen molar-refractivity contribution in [3.63, 3.8) is 0 Å². The standard InChI is InChI=1S/C18H28N4O5/c1-3-5-6-12(4-2)11-20-16(18(24)25)10-17(23)21-15-9-13(22(26)27)7-8-14(15)19/h7-9,12,16,20H,3-6,10-11,19H2,1-2H3,(H,21,23)(H,24,25). The van der Waals surface area contributed by atoms with Gasteiger partial charge in [0.15, 0.2) is 0 Å². The number of nitro groups is 1. The number of carbonyl (C=O) groups excluding carboxylic acids is 1. The van der Waals surface area contributed by atoms with Crippen LogP contribution < -0.4 is 16.4 Å². The molecule has 27 heavy (non-hydrogen) atoms. The molecule has 2 unspecified atom stereocenters. The lowest BCUT2D eigenvalue weighted by Crippen LogP contribution is -2.42. The van der Waals surface area contributed by atoms with E-state index < -0.39 is 22.8 Å². The van der Waals surface area contributed by atoms with Gasteiger partial charge in [0.25, 0.3) is 5.69 Å². The van der Waals surface area contributed by atoms with Crippen molar-refractivity contribution in [2.75, 3.05) is 17.6 Å². The SMILES string of the molecule is CCCCC(CC)CNC(CC(=O)Nc1cc([N+](=O)[O-])ccc1N)C(=O)O. The summed E-state index contributed by atoms with van der Waals surface area (Å²) in [6.07, 6.45) is 3.77. The largest absolute Gasteiger partial charge is 0.480 e. The van der Waals surface area contributed by atoms with E-state index in [1.807, 2.05) is 0 Å². The number of carboxylic acids is 1. The fourth-order valence-corrected chi connectivity index (χ4v) is 2.65. The summed E-state index contributed by atoms with van der Waals surface area (Å²) in [5.41, 5.74) is 5.76. The number of amides is 1. The van der Waals surface area contributed by atoms with E-state index in [0.717, 1.165) is 31.7 Å². The van der Waals surface area contributed by atoms with E-state index >= 15 is 0 Å². The summed E-state index contributed by atoms with van der Waals surface area (Å²) >= 11 is 0. The highest BCUT2D eigenvalue weighted by atomic mass is 16.6. The number of nitrogens with two attached hydrogens (primary N) is 1. The molecule has 1 aromatic carbocycles. The van der Waals surface area contributed by atoms with Crippen molar-refractivity contribution in [2.45, 2.75) is 52.0 Å². The van der Waals surface area contributed by atoms with Crippen LogP contribution in [0.1, 0.15) is 46.0 Å². The molecule has 0 heterocycles. The lowest BCUT2D eigenvalue weighted by atomic mass is 9.99. The van der Waals surface area contributed by atoms with Crippen LogP contribution in [0.4, 0.5) is 17.1 Å². The highest BCUT2D eigenvalue weighted by molar-refractivity contribution is 5.96. The first-order valence-corrected chi connectivity index (χ1v) is 9.08. The molecule has 9 nitrogen and oxygen atoms in total. The molecule has 0 spiro atoms. The predicted molar refractivity (Wildman–Crippen MR) is 103 cm³/mol. The normalized spacial score (nSPS) is 13.0. The van der Waals surface area contributed by atoms with Crippen LogP contribution in [0.15, 0.2) is 18.2 Å². The van der Waals surface area contributed by atoms with Gasteiger partial charge in [0, 0.05) is 12.1 Å². The van der Waals surface area contributed by atoms with Gasteiger partial charge in [-0.3, -0.25) is 19.7 Å². The van der Waals surface area contributed by atoms with Crippen LogP contribution in [-0.2, 0) is 9.59 Å². The fraction of sp³-hybridized carbons (Fsp3) is 0.556. The first-order chi connectivity index (χ1) is 12.8. The van der Waals surface area contributed by atoms with Crippen molar-refractivity contribution >= 4 is 28.9 Å². The van der Waals surface area contributed by atoms with Crippen LogP contribution in [0.3, 0.4) is 0 Å². The van der Waals surface area contributed by atoms with E-state index in [1.54, 1.807) is 0 Å². The van der Waals surface area contributed by atoms with Gasteiger partial charge in [0.05, 0.1) is 22.7 Å². The number of non-ortho nitro benzene ring substituents is 1. The molecule has 0 radical (unpaired) electrons. The Morgan fingerprint density at radius 3 is 2.59 bits per heavy atom. The number of nitrogen functional groups attached to an aromatic ring is 1. The van der Waals surface area contributed by atoms with Crippen LogP contribution >= 0.6 is 0 Å². The molecule has 1 aromatic rings. The Hall–Kier alpha value is -2.68. The molecule has 0 saturated carbocycles. The van der Waals surface area contributed by atoms with Crippen LogP contribution in [0.5, 0.6) is 0 Å². The average molecular weight is 380 g/mol. The predicted octanol–water partition coefficient (Wildman–Crippen LogP) is 2.76. The summed E-state index contributed by atoms with van der Waals surface area (Å²) < 4.78 is 0. The van der Waals surface area contributed by atoms with Gasteiger partial charge < -0.3 is 21.5 Å². The second-order valence-corrected chi connectivity index (χ2v) is 6.50. The Morgan fingerprint density at radius 2 is 2.04 bits per heavy atom. The third-order valence-electron chi connectivity index (χ3n) is 4.41. The monoisotopic (exact) mass is 380 g/mol. The third kappa shape index (κ3) is 7.61. The average Bonchev–Trinajstić information content (AvgIpc) is 2.62. The minimum absolute atomic E-state index is 0.0905. The van der Waals surface area contributed by atoms with Gasteiger partial charge >= 0.3 is 5.97 Å². The van der Waals surface area contributed by atoms with Gasteiger partial charge in [-0.2, -0.15) is 0 Å². The van der Waals surface area contributed by atoms with E-state index in [0.29, 0.717) is 12.5 Å². The van der Waals surface area contributed by atoms with Crippen molar-refractivity contribution in [2.24, 2.45) is 5.92 Å². The van der Waals surface area contributed by atoms with Gasteiger partial charge in [0.1, 0.15) is 6.04 Å². The number of nitro benzene ring substituents is 1. The summed E-state index contributed by atoms with van der Waals surface area (Å²) in [5.74, 6) is -1.35. The Kier molecular flexibility index (Phi) is 9.21. The first kappa shape index (κ1) is 22.4. The fourth-order valence-electron chi connectivity index (χ4n) is 2.65. The lowest BCUT2D eigenvalue weighted by molar-refractivity contribution is -0.384. The van der Waals surface area contributed by atoms with Crippen molar-refractivity contribution in [1.29, 1.82) is 0 Å². The topological polar surface area (TPSA) is 148 Å². The number of unbranched alkanes of at least 4 members (excludes halogenated alkanes) is 1. The van der Waals surface area contributed by atoms with Gasteiger partial charge in [-0.15, -0.1) is 0 Å². The zero-order chi connectivity index (χ0) is 20.4. The number of hydrogen-bond acceptors (Lipinski definition) is 6. The van der Waals surface area contributed by atoms with Crippen molar-refractivity contribution < 1.29 is 19.6 Å². The van der Waals surface area contributed by atoms with Crippen LogP contribution in [-0.4, -0.2) is 34.5 Å². The highest BCUT2D eigenvalue weighted by Gasteiger charge is 2.22. The number of carboxylic acid groups (broad SMARTS) is 1. The molecular weight excluding hydrogens is 352 g/mol. The molecule has 0 bridgehead atoms. The van der Waals surface area contributed by atoms with Gasteiger partial charge in [-0.05, 0) is 24.9 Å². The number of benzene rings is 1. The maximum atomic E-state index is 12.2. The van der Waals surface area contributed by atoms with Gasteiger partial charge in [-0.25, -0.2) is 0 Å². The molecule has 0 aliphatic carbocycles. The highest BCUT2D eigenvalue weighted by Crippen LogP contribution is 2.24. The minimum Gasteiger partial charge on any atom is -0.480 e. The van der Waals surface area contributed by atoms with Crippen LogP contribution in [0.2, 0.25) is 0 Å². The molecule has 2 atom stereocenters. The van der Waals surface area contributed by atoms with E-state index in [2.05, 4.69) is 24.5 Å². The quantitative estimate of drug-likeness (QED) is 0.247. The van der Waals surface area contributed by atoms with E-state index in [1.165, 1.54) is 12.1 Å². The zero-order valence-corrected chi connectivity index (χ0v) is 15.7. The second-order valence-electron chi connectivity index (χ2n) is 6.50. The summed E-state index contributed by atoms with van der Waals surface area (Å²) in [4.78, 5) is 33.9. The second kappa shape index (κ2) is 11.1. The molecular formula is C18H28N4O5. The number of nitrogens with one attached hydrogen (secondary N) is 2. The molecule has 0 aromatic heterocycles. The summed E-state index contributed by atoms with van der Waals surface area (Å²) in [6.45, 7) is 4.67. The Balaban J connectivity index is 2.69. The van der Waals surface area contributed by atoms with E-state index in [4.69, 9.17) is 5.73 Å². The molecule has 0 aliphatic rings. The Morgan fingerprint density at radius 1 is 1.33 bits per heavy atom. The number of carbonyl (C=O) groups is 2. The molecule has 1 rings (SSSR count). The maximum absolute atomic E-state index is 12.2. The Bertz CT molecular complexity index is 665. The summed E-state index contributed by atoms with van der Waals surface area (Å²) in [7, 11) is 0. The molecule has 0 fully saturated rings. The van der Waals surface area contributed by atoms with Gasteiger partial charge in [0.2, 0.25) is 5.91 Å². The number of aliphatic carboxylic acids is 1. The minimum atomic E-state index is -1.12. The number of rotatable bonds is 12.